The number of amides is 1. The molecule has 118 valence electrons. The summed E-state index contributed by atoms with van der Waals surface area (Å²) < 4.78 is 0. The highest BCUT2D eigenvalue weighted by Gasteiger charge is 2.27. The molecule has 5 heteroatoms. The van der Waals surface area contributed by atoms with Crippen LogP contribution in [0.4, 0.5) is 0 Å². The van der Waals surface area contributed by atoms with E-state index in [1.54, 1.807) is 0 Å². The van der Waals surface area contributed by atoms with Crippen LogP contribution in [-0.4, -0.2) is 28.6 Å². The first-order valence-electron chi connectivity index (χ1n) is 7.76. The van der Waals surface area contributed by atoms with Gasteiger partial charge in [-0.1, -0.05) is 11.6 Å². The van der Waals surface area contributed by atoms with Gasteiger partial charge in [0.1, 0.15) is 6.04 Å². The first-order chi connectivity index (χ1) is 11.0. The Hall–Kier alpha value is -2.45. The number of nitrogens with one attached hydrogen (secondary N) is 1. The van der Waals surface area contributed by atoms with Crippen LogP contribution in [0.5, 0.6) is 0 Å². The summed E-state index contributed by atoms with van der Waals surface area (Å²) in [6.45, 7) is 3.57. The third-order valence-electron chi connectivity index (χ3n) is 4.15. The second-order valence-corrected chi connectivity index (χ2v) is 6.18. The molecule has 0 spiro atoms. The van der Waals surface area contributed by atoms with Gasteiger partial charge in [-0.2, -0.15) is 5.26 Å². The zero-order valence-electron chi connectivity index (χ0n) is 13.3. The average Bonchev–Trinajstić information content (AvgIpc) is 3.36. The van der Waals surface area contributed by atoms with Crippen molar-refractivity contribution in [2.45, 2.75) is 38.6 Å². The van der Waals surface area contributed by atoms with Gasteiger partial charge in [-0.15, -0.1) is 0 Å². The van der Waals surface area contributed by atoms with Gasteiger partial charge in [-0.25, -0.2) is 0 Å². The van der Waals surface area contributed by atoms with Crippen molar-refractivity contribution in [1.29, 1.82) is 5.26 Å². The van der Waals surface area contributed by atoms with E-state index >= 15 is 0 Å². The van der Waals surface area contributed by atoms with Gasteiger partial charge >= 0.3 is 0 Å². The Kier molecular flexibility index (Phi) is 4.01. The summed E-state index contributed by atoms with van der Waals surface area (Å²) in [6.07, 6.45) is 2.20. The Balaban J connectivity index is 2.13. The molecule has 1 aromatic heterocycles. The summed E-state index contributed by atoms with van der Waals surface area (Å²) in [6, 6.07) is 6.81. The first kappa shape index (κ1) is 15.4. The molecule has 23 heavy (non-hydrogen) atoms. The van der Waals surface area contributed by atoms with Crippen molar-refractivity contribution in [3.63, 3.8) is 0 Å². The maximum Gasteiger partial charge on any atom is 0.253 e. The molecule has 1 aliphatic rings. The summed E-state index contributed by atoms with van der Waals surface area (Å²) in [4.78, 5) is 17.3. The maximum absolute atomic E-state index is 12.6. The number of pyridine rings is 1. The van der Waals surface area contributed by atoms with Gasteiger partial charge in [0.25, 0.3) is 5.91 Å². The molecule has 1 fully saturated rings. The van der Waals surface area contributed by atoms with Crippen molar-refractivity contribution in [3.05, 3.63) is 40.6 Å². The SMILES string of the molecule is Cc1cc(C)c2nc(C3CC3)cc(C(=O)NC(C#N)CO)c2c1. The molecule has 0 bridgehead atoms. The highest BCUT2D eigenvalue weighted by Crippen LogP contribution is 2.40. The third kappa shape index (κ3) is 3.03. The van der Waals surface area contributed by atoms with E-state index < -0.39 is 12.6 Å². The number of rotatable bonds is 4. The summed E-state index contributed by atoms with van der Waals surface area (Å²) in [7, 11) is 0. The van der Waals surface area contributed by atoms with Gasteiger partial charge in [0.2, 0.25) is 0 Å². The van der Waals surface area contributed by atoms with Crippen molar-refractivity contribution in [1.82, 2.24) is 10.3 Å². The minimum atomic E-state index is -0.902. The van der Waals surface area contributed by atoms with Crippen molar-refractivity contribution in [2.75, 3.05) is 6.61 Å². The van der Waals surface area contributed by atoms with E-state index in [1.807, 2.05) is 32.0 Å². The van der Waals surface area contributed by atoms with E-state index in [1.165, 1.54) is 0 Å². The molecule has 1 amide bonds. The van der Waals surface area contributed by atoms with E-state index in [4.69, 9.17) is 15.4 Å². The molecule has 0 saturated heterocycles. The number of carbonyl (C=O) groups excluding carboxylic acids is 1. The van der Waals surface area contributed by atoms with E-state index in [0.717, 1.165) is 40.6 Å². The number of aliphatic hydroxyl groups is 1. The van der Waals surface area contributed by atoms with Gasteiger partial charge in [0.05, 0.1) is 23.8 Å². The van der Waals surface area contributed by atoms with E-state index in [0.29, 0.717) is 11.5 Å². The Labute approximate surface area is 135 Å². The molecule has 1 aromatic carbocycles. The molecule has 1 unspecified atom stereocenters. The Morgan fingerprint density at radius 3 is 2.78 bits per heavy atom. The van der Waals surface area contributed by atoms with Gasteiger partial charge < -0.3 is 10.4 Å². The van der Waals surface area contributed by atoms with Crippen LogP contribution in [0.25, 0.3) is 10.9 Å². The van der Waals surface area contributed by atoms with Crippen LogP contribution < -0.4 is 5.32 Å². The number of aromatic nitrogens is 1. The van der Waals surface area contributed by atoms with E-state index in [-0.39, 0.29) is 5.91 Å². The zero-order chi connectivity index (χ0) is 16.6. The van der Waals surface area contributed by atoms with Crippen LogP contribution in [0.1, 0.15) is 45.9 Å². The molecule has 0 radical (unpaired) electrons. The number of aliphatic hydroxyl groups excluding tert-OH is 1. The summed E-state index contributed by atoms with van der Waals surface area (Å²) in [5.74, 6) is 0.0844. The Bertz CT molecular complexity index is 819. The largest absolute Gasteiger partial charge is 0.393 e. The molecule has 2 aromatic rings. The first-order valence-corrected chi connectivity index (χ1v) is 7.76. The monoisotopic (exact) mass is 309 g/mol. The van der Waals surface area contributed by atoms with Crippen LogP contribution in [0.2, 0.25) is 0 Å². The van der Waals surface area contributed by atoms with Crippen molar-refractivity contribution < 1.29 is 9.90 Å². The summed E-state index contributed by atoms with van der Waals surface area (Å²) >= 11 is 0. The summed E-state index contributed by atoms with van der Waals surface area (Å²) in [5, 5.41) is 21.4. The normalized spacial score (nSPS) is 15.2. The predicted octanol–water partition coefficient (Wildman–Crippen LogP) is 2.34. The zero-order valence-corrected chi connectivity index (χ0v) is 13.3. The number of nitrogens with zero attached hydrogens (tertiary/aromatic N) is 2. The fraction of sp³-hybridized carbons (Fsp3) is 0.389. The number of aryl methyl sites for hydroxylation is 2. The molecular weight excluding hydrogens is 290 g/mol. The molecule has 1 aliphatic carbocycles. The van der Waals surface area contributed by atoms with Crippen LogP contribution in [-0.2, 0) is 0 Å². The molecule has 0 aliphatic heterocycles. The molecular formula is C18H19N3O2. The predicted molar refractivity (Wildman–Crippen MR) is 87.1 cm³/mol. The Morgan fingerprint density at radius 2 is 2.17 bits per heavy atom. The smallest absolute Gasteiger partial charge is 0.253 e. The lowest BCUT2D eigenvalue weighted by Gasteiger charge is -2.14. The molecule has 5 nitrogen and oxygen atoms in total. The second-order valence-electron chi connectivity index (χ2n) is 6.18. The fourth-order valence-corrected chi connectivity index (χ4v) is 2.83. The lowest BCUT2D eigenvalue weighted by molar-refractivity contribution is 0.0932. The van der Waals surface area contributed by atoms with Crippen LogP contribution in [0.3, 0.4) is 0 Å². The highest BCUT2D eigenvalue weighted by atomic mass is 16.3. The number of nitriles is 1. The fourth-order valence-electron chi connectivity index (χ4n) is 2.83. The average molecular weight is 309 g/mol. The molecule has 1 heterocycles. The van der Waals surface area contributed by atoms with E-state index in [9.17, 15) is 4.79 Å². The van der Waals surface area contributed by atoms with Crippen LogP contribution >= 0.6 is 0 Å². The topological polar surface area (TPSA) is 86.0 Å². The van der Waals surface area contributed by atoms with Crippen LogP contribution in [0, 0.1) is 25.2 Å². The molecule has 3 rings (SSSR count). The highest BCUT2D eigenvalue weighted by molar-refractivity contribution is 6.07. The van der Waals surface area contributed by atoms with Gasteiger partial charge in [0, 0.05) is 17.0 Å². The van der Waals surface area contributed by atoms with E-state index in [2.05, 4.69) is 11.4 Å². The lowest BCUT2D eigenvalue weighted by Crippen LogP contribution is -2.36. The maximum atomic E-state index is 12.6. The van der Waals surface area contributed by atoms with Gasteiger partial charge in [-0.05, 0) is 44.4 Å². The molecule has 1 saturated carbocycles. The standard InChI is InChI=1S/C18H19N3O2/c1-10-5-11(2)17-14(6-10)15(7-16(21-17)12-3-4-12)18(23)20-13(8-19)9-22/h5-7,12-13,22H,3-4,9H2,1-2H3,(H,20,23). The van der Waals surface area contributed by atoms with Gasteiger partial charge in [-0.3, -0.25) is 9.78 Å². The minimum absolute atomic E-state index is 0.343. The quantitative estimate of drug-likeness (QED) is 0.907. The minimum Gasteiger partial charge on any atom is -0.393 e. The number of hydrogen-bond acceptors (Lipinski definition) is 4. The van der Waals surface area contributed by atoms with Crippen molar-refractivity contribution in [3.8, 4) is 6.07 Å². The summed E-state index contributed by atoms with van der Waals surface area (Å²) in [5.41, 5.74) is 4.40. The number of benzene rings is 1. The number of fused-ring (bicyclic) bond motifs is 1. The van der Waals surface area contributed by atoms with Gasteiger partial charge in [0.15, 0.2) is 0 Å². The second kappa shape index (κ2) is 5.98. The van der Waals surface area contributed by atoms with Crippen LogP contribution in [0.15, 0.2) is 18.2 Å². The van der Waals surface area contributed by atoms with Crippen molar-refractivity contribution >= 4 is 16.8 Å². The Morgan fingerprint density at radius 1 is 1.43 bits per heavy atom. The molecule has 2 N–H and O–H groups in total. The van der Waals surface area contributed by atoms with Crippen molar-refractivity contribution in [2.24, 2.45) is 0 Å². The lowest BCUT2D eigenvalue weighted by atomic mass is 10.00. The number of carbonyl (C=O) groups is 1. The number of hydrogen-bond donors (Lipinski definition) is 2. The third-order valence-corrected chi connectivity index (χ3v) is 4.15. The molecule has 1 atom stereocenters.